The summed E-state index contributed by atoms with van der Waals surface area (Å²) < 4.78 is 32.7. The first-order valence-corrected chi connectivity index (χ1v) is 8.61. The molecule has 0 fully saturated rings. The van der Waals surface area contributed by atoms with Gasteiger partial charge in [0.2, 0.25) is 0 Å². The average Bonchev–Trinajstić information content (AvgIpc) is 2.50. The third kappa shape index (κ3) is 3.25. The van der Waals surface area contributed by atoms with E-state index in [1.165, 1.54) is 18.2 Å². The van der Waals surface area contributed by atoms with Crippen molar-refractivity contribution in [2.24, 2.45) is 0 Å². The smallest absolute Gasteiger partial charge is 0.265 e. The molecule has 1 heterocycles. The second-order valence-corrected chi connectivity index (χ2v) is 7.14. The number of carbonyl (C=O) groups is 1. The van der Waals surface area contributed by atoms with Crippen molar-refractivity contribution in [3.8, 4) is 5.75 Å². The zero-order valence-electron chi connectivity index (χ0n) is 12.0. The lowest BCUT2D eigenvalue weighted by Crippen LogP contribution is -2.34. The fraction of sp³-hybridized carbons (Fsp3) is 0.133. The zero-order chi connectivity index (χ0) is 16.6. The summed E-state index contributed by atoms with van der Waals surface area (Å²) in [5.41, 5.74) is 0.716. The number of sulfonamides is 1. The minimum Gasteiger partial charge on any atom is -0.479 e. The number of amides is 1. The van der Waals surface area contributed by atoms with Gasteiger partial charge in [-0.25, -0.2) is 8.42 Å². The number of nitrogens with one attached hydrogen (secondary N) is 2. The standard InChI is InChI=1S/C15H13ClN2O4S/c1-9-15(19)17-13-8-12(6-7-14(13)22-9)23(20,21)18-11-4-2-10(16)3-5-11/h2-9,18H,1H3,(H,17,19). The molecule has 2 aromatic carbocycles. The van der Waals surface area contributed by atoms with Gasteiger partial charge in [0.25, 0.3) is 15.9 Å². The molecule has 1 aliphatic heterocycles. The van der Waals surface area contributed by atoms with E-state index in [9.17, 15) is 13.2 Å². The highest BCUT2D eigenvalue weighted by Gasteiger charge is 2.25. The molecule has 0 radical (unpaired) electrons. The van der Waals surface area contributed by atoms with Gasteiger partial charge in [0, 0.05) is 10.7 Å². The quantitative estimate of drug-likeness (QED) is 0.889. The number of anilines is 2. The molecule has 6 nitrogen and oxygen atoms in total. The van der Waals surface area contributed by atoms with Crippen LogP contribution in [0.2, 0.25) is 5.02 Å². The maximum Gasteiger partial charge on any atom is 0.265 e. The molecule has 0 aromatic heterocycles. The third-order valence-corrected chi connectivity index (χ3v) is 4.92. The minimum atomic E-state index is -3.79. The molecular formula is C15H13ClN2O4S. The Morgan fingerprint density at radius 2 is 1.87 bits per heavy atom. The summed E-state index contributed by atoms with van der Waals surface area (Å²) in [7, 11) is -3.79. The predicted molar refractivity (Wildman–Crippen MR) is 87.4 cm³/mol. The number of hydrogen-bond acceptors (Lipinski definition) is 4. The number of halogens is 1. The molecule has 23 heavy (non-hydrogen) atoms. The lowest BCUT2D eigenvalue weighted by Gasteiger charge is -2.23. The molecule has 2 aromatic rings. The molecule has 0 saturated heterocycles. The Hall–Kier alpha value is -2.25. The molecule has 1 aliphatic rings. The molecular weight excluding hydrogens is 340 g/mol. The van der Waals surface area contributed by atoms with Crippen molar-refractivity contribution in [2.45, 2.75) is 17.9 Å². The first-order chi connectivity index (χ1) is 10.8. The molecule has 3 rings (SSSR count). The number of benzene rings is 2. The highest BCUT2D eigenvalue weighted by molar-refractivity contribution is 7.92. The van der Waals surface area contributed by atoms with Gasteiger partial charge < -0.3 is 10.1 Å². The van der Waals surface area contributed by atoms with Gasteiger partial charge in [0.15, 0.2) is 6.10 Å². The van der Waals surface area contributed by atoms with Gasteiger partial charge in [-0.2, -0.15) is 0 Å². The topological polar surface area (TPSA) is 84.5 Å². The van der Waals surface area contributed by atoms with Gasteiger partial charge >= 0.3 is 0 Å². The second-order valence-electron chi connectivity index (χ2n) is 5.02. The Balaban J connectivity index is 1.90. The highest BCUT2D eigenvalue weighted by atomic mass is 35.5. The number of ether oxygens (including phenoxy) is 1. The fourth-order valence-corrected chi connectivity index (χ4v) is 3.30. The molecule has 0 aliphatic carbocycles. The van der Waals surface area contributed by atoms with Crippen LogP contribution in [0.15, 0.2) is 47.4 Å². The molecule has 0 saturated carbocycles. The molecule has 1 amide bonds. The monoisotopic (exact) mass is 352 g/mol. The number of hydrogen-bond donors (Lipinski definition) is 2. The summed E-state index contributed by atoms with van der Waals surface area (Å²) in [6, 6.07) is 10.6. The van der Waals surface area contributed by atoms with Gasteiger partial charge in [0.05, 0.1) is 10.6 Å². The summed E-state index contributed by atoms with van der Waals surface area (Å²) in [6.45, 7) is 1.62. The van der Waals surface area contributed by atoms with Crippen molar-refractivity contribution in [1.29, 1.82) is 0 Å². The Bertz CT molecular complexity index is 866. The van der Waals surface area contributed by atoms with Crippen LogP contribution < -0.4 is 14.8 Å². The maximum absolute atomic E-state index is 12.4. The molecule has 120 valence electrons. The van der Waals surface area contributed by atoms with Crippen LogP contribution in [0.25, 0.3) is 0 Å². The first kappa shape index (κ1) is 15.6. The Morgan fingerprint density at radius 3 is 2.57 bits per heavy atom. The van der Waals surface area contributed by atoms with E-state index in [1.54, 1.807) is 31.2 Å². The van der Waals surface area contributed by atoms with E-state index in [-0.39, 0.29) is 10.8 Å². The van der Waals surface area contributed by atoms with Crippen molar-refractivity contribution in [1.82, 2.24) is 0 Å². The fourth-order valence-electron chi connectivity index (χ4n) is 2.09. The van der Waals surface area contributed by atoms with E-state index >= 15 is 0 Å². The molecule has 1 atom stereocenters. The number of fused-ring (bicyclic) bond motifs is 1. The highest BCUT2D eigenvalue weighted by Crippen LogP contribution is 2.32. The van der Waals surface area contributed by atoms with Crippen molar-refractivity contribution in [2.75, 3.05) is 10.0 Å². The van der Waals surface area contributed by atoms with Crippen molar-refractivity contribution in [3.63, 3.8) is 0 Å². The summed E-state index contributed by atoms with van der Waals surface area (Å²) in [6.07, 6.45) is -0.614. The van der Waals surface area contributed by atoms with E-state index in [2.05, 4.69) is 10.0 Å². The van der Waals surface area contributed by atoms with Gasteiger partial charge in [0.1, 0.15) is 5.75 Å². The predicted octanol–water partition coefficient (Wildman–Crippen LogP) is 2.86. The van der Waals surface area contributed by atoms with Crippen LogP contribution in [0.3, 0.4) is 0 Å². The molecule has 0 bridgehead atoms. The SMILES string of the molecule is CC1Oc2ccc(S(=O)(=O)Nc3ccc(Cl)cc3)cc2NC1=O. The van der Waals surface area contributed by atoms with Gasteiger partial charge in [-0.1, -0.05) is 11.6 Å². The van der Waals surface area contributed by atoms with E-state index in [0.29, 0.717) is 22.1 Å². The van der Waals surface area contributed by atoms with Crippen LogP contribution in [0.1, 0.15) is 6.92 Å². The van der Waals surface area contributed by atoms with Crippen LogP contribution >= 0.6 is 11.6 Å². The largest absolute Gasteiger partial charge is 0.479 e. The van der Waals surface area contributed by atoms with E-state index < -0.39 is 16.1 Å². The zero-order valence-corrected chi connectivity index (χ0v) is 13.6. The molecule has 1 unspecified atom stereocenters. The molecule has 0 spiro atoms. The first-order valence-electron chi connectivity index (χ1n) is 6.75. The van der Waals surface area contributed by atoms with Crippen LogP contribution in [0, 0.1) is 0 Å². The van der Waals surface area contributed by atoms with Gasteiger partial charge in [-0.3, -0.25) is 9.52 Å². The Kier molecular flexibility index (Phi) is 3.91. The van der Waals surface area contributed by atoms with Crippen LogP contribution in [0.5, 0.6) is 5.75 Å². The van der Waals surface area contributed by atoms with Crippen molar-refractivity contribution in [3.05, 3.63) is 47.5 Å². The summed E-state index contributed by atoms with van der Waals surface area (Å²) in [4.78, 5) is 11.6. The summed E-state index contributed by atoms with van der Waals surface area (Å²) in [5.74, 6) is 0.111. The van der Waals surface area contributed by atoms with Gasteiger partial charge in [-0.05, 0) is 49.4 Å². The maximum atomic E-state index is 12.4. The average molecular weight is 353 g/mol. The van der Waals surface area contributed by atoms with Crippen LogP contribution in [-0.4, -0.2) is 20.4 Å². The van der Waals surface area contributed by atoms with E-state index in [4.69, 9.17) is 16.3 Å². The van der Waals surface area contributed by atoms with Gasteiger partial charge in [-0.15, -0.1) is 0 Å². The third-order valence-electron chi connectivity index (χ3n) is 3.29. The van der Waals surface area contributed by atoms with E-state index in [0.717, 1.165) is 0 Å². The summed E-state index contributed by atoms with van der Waals surface area (Å²) in [5, 5.41) is 3.13. The van der Waals surface area contributed by atoms with Crippen molar-refractivity contribution < 1.29 is 17.9 Å². The van der Waals surface area contributed by atoms with Crippen LogP contribution in [0.4, 0.5) is 11.4 Å². The normalized spacial score (nSPS) is 17.0. The van der Waals surface area contributed by atoms with Crippen LogP contribution in [-0.2, 0) is 14.8 Å². The Morgan fingerprint density at radius 1 is 1.17 bits per heavy atom. The van der Waals surface area contributed by atoms with E-state index in [1.807, 2.05) is 0 Å². The lowest BCUT2D eigenvalue weighted by atomic mass is 10.2. The second kappa shape index (κ2) is 5.75. The number of carbonyl (C=O) groups excluding carboxylic acids is 1. The lowest BCUT2D eigenvalue weighted by molar-refractivity contribution is -0.122. The van der Waals surface area contributed by atoms with Crippen molar-refractivity contribution >= 4 is 38.9 Å². The Labute approximate surface area is 138 Å². The molecule has 2 N–H and O–H groups in total. The minimum absolute atomic E-state index is 0.0182. The summed E-state index contributed by atoms with van der Waals surface area (Å²) >= 11 is 5.77. The number of rotatable bonds is 3. The molecule has 8 heteroatoms.